The molecule has 0 aliphatic carbocycles. The van der Waals surface area contributed by atoms with Gasteiger partial charge in [-0.2, -0.15) is 0 Å². The third kappa shape index (κ3) is 3.24. The van der Waals surface area contributed by atoms with Gasteiger partial charge in [0.05, 0.1) is 11.7 Å². The molecule has 0 saturated carbocycles. The lowest BCUT2D eigenvalue weighted by Crippen LogP contribution is -2.30. The molecular weight excluding hydrogens is 306 g/mol. The van der Waals surface area contributed by atoms with E-state index in [2.05, 4.69) is 77.0 Å². The van der Waals surface area contributed by atoms with E-state index in [0.717, 1.165) is 31.7 Å². The highest BCUT2D eigenvalue weighted by Gasteiger charge is 2.27. The number of hydrogen-bond acceptors (Lipinski definition) is 2. The molecule has 1 aliphatic rings. The lowest BCUT2D eigenvalue weighted by atomic mass is 9.97. The number of fused-ring (bicyclic) bond motifs is 1. The average Bonchev–Trinajstić information content (AvgIpc) is 3.00. The molecule has 0 bridgehead atoms. The summed E-state index contributed by atoms with van der Waals surface area (Å²) < 4.78 is 2.41. The summed E-state index contributed by atoms with van der Waals surface area (Å²) in [4.78, 5) is 7.13. The van der Waals surface area contributed by atoms with Crippen LogP contribution in [0.15, 0.2) is 60.9 Å². The van der Waals surface area contributed by atoms with E-state index in [1.165, 1.54) is 22.4 Å². The SMILES string of the molecule is Cc1ccc(C2c3cccn3CCCN2Cc2ccccn2)cc1C. The van der Waals surface area contributed by atoms with Crippen molar-refractivity contribution in [2.75, 3.05) is 6.54 Å². The first-order chi connectivity index (χ1) is 12.2. The van der Waals surface area contributed by atoms with Crippen molar-refractivity contribution in [3.8, 4) is 0 Å². The molecule has 1 aliphatic heterocycles. The Labute approximate surface area is 149 Å². The Morgan fingerprint density at radius 1 is 1.00 bits per heavy atom. The average molecular weight is 331 g/mol. The van der Waals surface area contributed by atoms with E-state index in [1.54, 1.807) is 0 Å². The summed E-state index contributed by atoms with van der Waals surface area (Å²) in [5.41, 5.74) is 6.61. The minimum atomic E-state index is 0.277. The second kappa shape index (κ2) is 6.85. The Balaban J connectivity index is 1.76. The molecule has 25 heavy (non-hydrogen) atoms. The maximum Gasteiger partial charge on any atom is 0.0759 e. The summed E-state index contributed by atoms with van der Waals surface area (Å²) in [6.45, 7) is 7.43. The summed E-state index contributed by atoms with van der Waals surface area (Å²) in [6, 6.07) is 17.8. The van der Waals surface area contributed by atoms with Gasteiger partial charge in [-0.25, -0.2) is 0 Å². The molecular formula is C22H25N3. The molecule has 1 unspecified atom stereocenters. The molecule has 2 aromatic heterocycles. The molecule has 3 heteroatoms. The van der Waals surface area contributed by atoms with E-state index in [1.807, 2.05) is 12.3 Å². The Kier molecular flexibility index (Phi) is 4.41. The monoisotopic (exact) mass is 331 g/mol. The zero-order valence-electron chi connectivity index (χ0n) is 15.0. The van der Waals surface area contributed by atoms with E-state index in [0.29, 0.717) is 0 Å². The summed E-state index contributed by atoms with van der Waals surface area (Å²) in [6.07, 6.45) is 5.27. The van der Waals surface area contributed by atoms with Crippen LogP contribution in [-0.4, -0.2) is 21.0 Å². The maximum atomic E-state index is 4.56. The fraction of sp³-hybridized carbons (Fsp3) is 0.318. The van der Waals surface area contributed by atoms with Gasteiger partial charge in [-0.1, -0.05) is 24.3 Å². The lowest BCUT2D eigenvalue weighted by Gasteiger charge is -2.30. The first kappa shape index (κ1) is 16.1. The van der Waals surface area contributed by atoms with Crippen molar-refractivity contribution >= 4 is 0 Å². The Hall–Kier alpha value is -2.39. The fourth-order valence-corrected chi connectivity index (χ4v) is 3.83. The van der Waals surface area contributed by atoms with Gasteiger partial charge < -0.3 is 4.57 Å². The Bertz CT molecular complexity index is 851. The third-order valence-corrected chi connectivity index (χ3v) is 5.29. The van der Waals surface area contributed by atoms with E-state index in [-0.39, 0.29) is 6.04 Å². The fourth-order valence-electron chi connectivity index (χ4n) is 3.83. The van der Waals surface area contributed by atoms with Crippen LogP contribution < -0.4 is 0 Å². The van der Waals surface area contributed by atoms with Crippen LogP contribution in [0.4, 0.5) is 0 Å². The second-order valence-electron chi connectivity index (χ2n) is 7.02. The van der Waals surface area contributed by atoms with E-state index >= 15 is 0 Å². The summed E-state index contributed by atoms with van der Waals surface area (Å²) in [5, 5.41) is 0. The highest BCUT2D eigenvalue weighted by Crippen LogP contribution is 2.33. The molecule has 0 fully saturated rings. The van der Waals surface area contributed by atoms with Crippen molar-refractivity contribution in [2.45, 2.75) is 39.4 Å². The smallest absolute Gasteiger partial charge is 0.0759 e. The van der Waals surface area contributed by atoms with E-state index in [4.69, 9.17) is 0 Å². The van der Waals surface area contributed by atoms with Gasteiger partial charge in [0.2, 0.25) is 0 Å². The quantitative estimate of drug-likeness (QED) is 0.705. The molecule has 3 heterocycles. The maximum absolute atomic E-state index is 4.56. The van der Waals surface area contributed by atoms with Crippen LogP contribution in [0.3, 0.4) is 0 Å². The number of hydrogen-bond donors (Lipinski definition) is 0. The van der Waals surface area contributed by atoms with Gasteiger partial charge in [0.1, 0.15) is 0 Å². The lowest BCUT2D eigenvalue weighted by molar-refractivity contribution is 0.217. The summed E-state index contributed by atoms with van der Waals surface area (Å²) >= 11 is 0. The van der Waals surface area contributed by atoms with Crippen molar-refractivity contribution in [2.24, 2.45) is 0 Å². The van der Waals surface area contributed by atoms with Crippen LogP contribution >= 0.6 is 0 Å². The van der Waals surface area contributed by atoms with Crippen molar-refractivity contribution in [1.82, 2.24) is 14.5 Å². The van der Waals surface area contributed by atoms with Crippen molar-refractivity contribution in [3.63, 3.8) is 0 Å². The first-order valence-electron chi connectivity index (χ1n) is 9.08. The molecule has 3 aromatic rings. The zero-order chi connectivity index (χ0) is 17.2. The molecule has 4 rings (SSSR count). The molecule has 0 radical (unpaired) electrons. The molecule has 0 amide bonds. The molecule has 1 atom stereocenters. The minimum Gasteiger partial charge on any atom is -0.350 e. The van der Waals surface area contributed by atoms with Crippen molar-refractivity contribution in [1.29, 1.82) is 0 Å². The molecule has 0 saturated heterocycles. The van der Waals surface area contributed by atoms with Gasteiger partial charge in [0, 0.05) is 37.7 Å². The minimum absolute atomic E-state index is 0.277. The Morgan fingerprint density at radius 2 is 1.92 bits per heavy atom. The predicted octanol–water partition coefficient (Wildman–Crippen LogP) is 4.50. The first-order valence-corrected chi connectivity index (χ1v) is 9.08. The van der Waals surface area contributed by atoms with Gasteiger partial charge in [0.25, 0.3) is 0 Å². The highest BCUT2D eigenvalue weighted by atomic mass is 15.2. The van der Waals surface area contributed by atoms with Gasteiger partial charge in [0.15, 0.2) is 0 Å². The second-order valence-corrected chi connectivity index (χ2v) is 7.02. The van der Waals surface area contributed by atoms with Crippen LogP contribution in [0.2, 0.25) is 0 Å². The van der Waals surface area contributed by atoms with Crippen LogP contribution in [0.5, 0.6) is 0 Å². The normalized spacial score (nSPS) is 17.9. The van der Waals surface area contributed by atoms with Crippen LogP contribution in [0.25, 0.3) is 0 Å². The highest BCUT2D eigenvalue weighted by molar-refractivity contribution is 5.36. The summed E-state index contributed by atoms with van der Waals surface area (Å²) in [7, 11) is 0. The number of nitrogens with zero attached hydrogens (tertiary/aromatic N) is 3. The van der Waals surface area contributed by atoms with Gasteiger partial charge >= 0.3 is 0 Å². The summed E-state index contributed by atoms with van der Waals surface area (Å²) in [5.74, 6) is 0. The van der Waals surface area contributed by atoms with Gasteiger partial charge in [-0.3, -0.25) is 9.88 Å². The predicted molar refractivity (Wildman–Crippen MR) is 101 cm³/mol. The standard InChI is InChI=1S/C22H25N3/c1-17-9-10-19(15-18(17)2)22-21-8-5-12-24(21)13-6-14-25(22)16-20-7-3-4-11-23-20/h3-5,7-12,15,22H,6,13-14,16H2,1-2H3. The Morgan fingerprint density at radius 3 is 2.72 bits per heavy atom. The van der Waals surface area contributed by atoms with Crippen LogP contribution in [-0.2, 0) is 13.1 Å². The number of pyridine rings is 1. The van der Waals surface area contributed by atoms with Crippen LogP contribution in [0, 0.1) is 13.8 Å². The topological polar surface area (TPSA) is 21.1 Å². The molecule has 3 nitrogen and oxygen atoms in total. The number of aryl methyl sites for hydroxylation is 3. The van der Waals surface area contributed by atoms with Gasteiger partial charge in [-0.05, 0) is 61.2 Å². The zero-order valence-corrected chi connectivity index (χ0v) is 15.0. The van der Waals surface area contributed by atoms with Crippen molar-refractivity contribution < 1.29 is 0 Å². The number of aromatic nitrogens is 2. The molecule has 0 spiro atoms. The molecule has 0 N–H and O–H groups in total. The van der Waals surface area contributed by atoms with Crippen LogP contribution in [0.1, 0.15) is 40.5 Å². The number of benzene rings is 1. The number of rotatable bonds is 3. The van der Waals surface area contributed by atoms with E-state index in [9.17, 15) is 0 Å². The third-order valence-electron chi connectivity index (χ3n) is 5.29. The van der Waals surface area contributed by atoms with Gasteiger partial charge in [-0.15, -0.1) is 0 Å². The largest absolute Gasteiger partial charge is 0.350 e. The molecule has 128 valence electrons. The van der Waals surface area contributed by atoms with E-state index < -0.39 is 0 Å². The van der Waals surface area contributed by atoms with Crippen molar-refractivity contribution in [3.05, 3.63) is 89.0 Å². The molecule has 1 aromatic carbocycles.